The van der Waals surface area contributed by atoms with Gasteiger partial charge in [-0.1, -0.05) is 11.2 Å². The Morgan fingerprint density at radius 1 is 1.57 bits per heavy atom. The van der Waals surface area contributed by atoms with Gasteiger partial charge in [-0.05, 0) is 13.3 Å². The number of hydrogen-bond donors (Lipinski definition) is 1. The van der Waals surface area contributed by atoms with Gasteiger partial charge in [0.05, 0.1) is 6.04 Å². The van der Waals surface area contributed by atoms with Gasteiger partial charge in [0.1, 0.15) is 0 Å². The molecule has 1 fully saturated rings. The monoisotopic (exact) mass is 305 g/mol. The van der Waals surface area contributed by atoms with Crippen molar-refractivity contribution in [3.05, 3.63) is 24.4 Å². The highest BCUT2D eigenvalue weighted by Gasteiger charge is 2.47. The van der Waals surface area contributed by atoms with Crippen LogP contribution in [0.5, 0.6) is 0 Å². The SMILES string of the molecule is C=CCC1C(O)N(c2cc(C(F)(F)F)no2)C(=O)N1CC. The van der Waals surface area contributed by atoms with Crippen molar-refractivity contribution in [2.24, 2.45) is 0 Å². The van der Waals surface area contributed by atoms with E-state index >= 15 is 0 Å². The maximum atomic E-state index is 12.5. The van der Waals surface area contributed by atoms with Crippen molar-refractivity contribution < 1.29 is 27.6 Å². The van der Waals surface area contributed by atoms with Crippen molar-refractivity contribution in [2.75, 3.05) is 11.4 Å². The molecule has 2 unspecified atom stereocenters. The lowest BCUT2D eigenvalue weighted by atomic mass is 10.1. The van der Waals surface area contributed by atoms with E-state index in [1.807, 2.05) is 0 Å². The predicted octanol–water partition coefficient (Wildman–Crippen LogP) is 2.22. The number of amides is 2. The molecule has 0 saturated carbocycles. The highest BCUT2D eigenvalue weighted by Crippen LogP contribution is 2.34. The second kappa shape index (κ2) is 5.40. The summed E-state index contributed by atoms with van der Waals surface area (Å²) in [5.74, 6) is -0.440. The van der Waals surface area contributed by atoms with Crippen LogP contribution in [-0.4, -0.2) is 40.0 Å². The molecule has 0 radical (unpaired) electrons. The molecule has 9 heteroatoms. The third-order valence-corrected chi connectivity index (χ3v) is 3.24. The Balaban J connectivity index is 2.33. The van der Waals surface area contributed by atoms with Gasteiger partial charge in [0, 0.05) is 12.6 Å². The zero-order valence-electron chi connectivity index (χ0n) is 11.2. The molecular formula is C12H14F3N3O3. The Hall–Kier alpha value is -2.03. The van der Waals surface area contributed by atoms with E-state index in [0.717, 1.165) is 4.90 Å². The van der Waals surface area contributed by atoms with E-state index in [2.05, 4.69) is 16.3 Å². The Labute approximate surface area is 118 Å². The summed E-state index contributed by atoms with van der Waals surface area (Å²) < 4.78 is 42.1. The first-order chi connectivity index (χ1) is 9.81. The fourth-order valence-corrected chi connectivity index (χ4v) is 2.25. The molecule has 1 aromatic rings. The number of carbonyl (C=O) groups excluding carboxylic acids is 1. The molecule has 1 saturated heterocycles. The number of anilines is 1. The zero-order chi connectivity index (χ0) is 15.8. The number of likely N-dealkylation sites (N-methyl/N-ethyl adjacent to an activating group) is 1. The second-order valence-electron chi connectivity index (χ2n) is 4.49. The average molecular weight is 305 g/mol. The van der Waals surface area contributed by atoms with Crippen LogP contribution in [0.15, 0.2) is 23.2 Å². The summed E-state index contributed by atoms with van der Waals surface area (Å²) in [4.78, 5) is 14.3. The largest absolute Gasteiger partial charge is 0.436 e. The van der Waals surface area contributed by atoms with Gasteiger partial charge in [0.25, 0.3) is 0 Å². The van der Waals surface area contributed by atoms with Gasteiger partial charge < -0.3 is 14.5 Å². The first-order valence-electron chi connectivity index (χ1n) is 6.24. The van der Waals surface area contributed by atoms with E-state index in [0.29, 0.717) is 19.0 Å². The topological polar surface area (TPSA) is 69.8 Å². The van der Waals surface area contributed by atoms with Crippen molar-refractivity contribution >= 4 is 11.9 Å². The number of carbonyl (C=O) groups is 1. The predicted molar refractivity (Wildman–Crippen MR) is 66.4 cm³/mol. The van der Waals surface area contributed by atoms with Gasteiger partial charge in [-0.3, -0.25) is 0 Å². The number of urea groups is 1. The highest BCUT2D eigenvalue weighted by molar-refractivity contribution is 5.93. The van der Waals surface area contributed by atoms with E-state index in [4.69, 9.17) is 0 Å². The maximum absolute atomic E-state index is 12.5. The minimum atomic E-state index is -4.68. The molecule has 0 aromatic carbocycles. The first kappa shape index (κ1) is 15.4. The molecule has 2 amide bonds. The molecule has 0 spiro atoms. The molecule has 2 rings (SSSR count). The third-order valence-electron chi connectivity index (χ3n) is 3.24. The number of hydrogen-bond acceptors (Lipinski definition) is 4. The van der Waals surface area contributed by atoms with Crippen molar-refractivity contribution in [3.63, 3.8) is 0 Å². The minimum Gasteiger partial charge on any atom is -0.371 e. The van der Waals surface area contributed by atoms with Crippen LogP contribution in [-0.2, 0) is 6.18 Å². The van der Waals surface area contributed by atoms with E-state index in [9.17, 15) is 23.1 Å². The maximum Gasteiger partial charge on any atom is 0.436 e. The van der Waals surface area contributed by atoms with Crippen LogP contribution in [0, 0.1) is 0 Å². The summed E-state index contributed by atoms with van der Waals surface area (Å²) >= 11 is 0. The third kappa shape index (κ3) is 2.60. The zero-order valence-corrected chi connectivity index (χ0v) is 11.2. The number of alkyl halides is 3. The molecule has 1 N–H and O–H groups in total. The number of rotatable bonds is 4. The van der Waals surface area contributed by atoms with Crippen molar-refractivity contribution in [2.45, 2.75) is 31.8 Å². The number of nitrogens with zero attached hydrogens (tertiary/aromatic N) is 3. The summed E-state index contributed by atoms with van der Waals surface area (Å²) in [7, 11) is 0. The standard InChI is InChI=1S/C12H14F3N3O3/c1-3-5-7-10(19)18(11(20)17(7)4-2)9-6-8(16-21-9)12(13,14)15/h3,6-7,10,19H,1,4-5H2,2H3. The van der Waals surface area contributed by atoms with Crippen LogP contribution in [0.1, 0.15) is 19.0 Å². The lowest BCUT2D eigenvalue weighted by molar-refractivity contribution is -0.142. The number of aliphatic hydroxyl groups excluding tert-OH is 1. The highest BCUT2D eigenvalue weighted by atomic mass is 19.4. The van der Waals surface area contributed by atoms with Crippen molar-refractivity contribution in [1.29, 1.82) is 0 Å². The van der Waals surface area contributed by atoms with Gasteiger partial charge in [-0.2, -0.15) is 13.2 Å². The number of halogens is 3. The molecule has 1 aromatic heterocycles. The van der Waals surface area contributed by atoms with Crippen LogP contribution in [0.4, 0.5) is 23.8 Å². The molecular weight excluding hydrogens is 291 g/mol. The molecule has 1 aliphatic heterocycles. The molecule has 0 aliphatic carbocycles. The second-order valence-corrected chi connectivity index (χ2v) is 4.49. The van der Waals surface area contributed by atoms with E-state index in [1.165, 1.54) is 11.0 Å². The smallest absolute Gasteiger partial charge is 0.371 e. The molecule has 2 atom stereocenters. The van der Waals surface area contributed by atoms with Crippen LogP contribution in [0.3, 0.4) is 0 Å². The molecule has 1 aliphatic rings. The average Bonchev–Trinajstić information content (AvgIpc) is 2.95. The Morgan fingerprint density at radius 3 is 2.71 bits per heavy atom. The molecule has 2 heterocycles. The van der Waals surface area contributed by atoms with Gasteiger partial charge in [-0.15, -0.1) is 6.58 Å². The first-order valence-corrected chi connectivity index (χ1v) is 6.24. The summed E-state index contributed by atoms with van der Waals surface area (Å²) in [5, 5.41) is 13.0. The minimum absolute atomic E-state index is 0.297. The fourth-order valence-electron chi connectivity index (χ4n) is 2.25. The Bertz CT molecular complexity index is 543. The van der Waals surface area contributed by atoms with Crippen LogP contribution in [0.2, 0.25) is 0 Å². The summed E-state index contributed by atoms with van der Waals surface area (Å²) in [6.07, 6.45) is -4.18. The number of aromatic nitrogens is 1. The van der Waals surface area contributed by atoms with E-state index < -0.39 is 36.1 Å². The molecule has 0 bridgehead atoms. The Morgan fingerprint density at radius 2 is 2.24 bits per heavy atom. The molecule has 21 heavy (non-hydrogen) atoms. The summed E-state index contributed by atoms with van der Waals surface area (Å²) in [6, 6.07) is -0.646. The van der Waals surface area contributed by atoms with Gasteiger partial charge in [0.15, 0.2) is 11.9 Å². The Kier molecular flexibility index (Phi) is 3.95. The van der Waals surface area contributed by atoms with Crippen LogP contribution < -0.4 is 4.90 Å². The van der Waals surface area contributed by atoms with E-state index in [1.54, 1.807) is 6.92 Å². The summed E-state index contributed by atoms with van der Waals surface area (Å²) in [6.45, 7) is 5.53. The van der Waals surface area contributed by atoms with Crippen molar-refractivity contribution in [1.82, 2.24) is 10.1 Å². The number of aliphatic hydroxyl groups is 1. The van der Waals surface area contributed by atoms with Crippen LogP contribution in [0.25, 0.3) is 0 Å². The normalized spacial score (nSPS) is 23.0. The molecule has 116 valence electrons. The van der Waals surface area contributed by atoms with Gasteiger partial charge in [0.2, 0.25) is 5.88 Å². The fraction of sp³-hybridized carbons (Fsp3) is 0.500. The van der Waals surface area contributed by atoms with Crippen molar-refractivity contribution in [3.8, 4) is 0 Å². The lowest BCUT2D eigenvalue weighted by Gasteiger charge is -2.21. The lowest BCUT2D eigenvalue weighted by Crippen LogP contribution is -2.36. The quantitative estimate of drug-likeness (QED) is 0.866. The van der Waals surface area contributed by atoms with Gasteiger partial charge >= 0.3 is 12.2 Å². The van der Waals surface area contributed by atoms with Gasteiger partial charge in [-0.25, -0.2) is 9.69 Å². The van der Waals surface area contributed by atoms with Crippen LogP contribution >= 0.6 is 0 Å². The molecule has 6 nitrogen and oxygen atoms in total. The van der Waals surface area contributed by atoms with E-state index in [-0.39, 0.29) is 0 Å². The summed E-state index contributed by atoms with van der Waals surface area (Å²) in [5.41, 5.74) is -1.26.